The third-order valence-corrected chi connectivity index (χ3v) is 4.84. The Hall–Kier alpha value is -0.330. The average Bonchev–Trinajstić information content (AvgIpc) is 2.73. The van der Waals surface area contributed by atoms with Gasteiger partial charge in [-0.05, 0) is 31.2 Å². The van der Waals surface area contributed by atoms with Crippen LogP contribution in [0.15, 0.2) is 23.1 Å². The Morgan fingerprint density at radius 1 is 1.29 bits per heavy atom. The molecule has 0 saturated carbocycles. The van der Waals surface area contributed by atoms with Crippen molar-refractivity contribution in [2.24, 2.45) is 0 Å². The lowest BCUT2D eigenvalue weighted by molar-refractivity contribution is 0.560. The van der Waals surface area contributed by atoms with Crippen molar-refractivity contribution in [1.29, 1.82) is 0 Å². The Kier molecular flexibility index (Phi) is 3.95. The van der Waals surface area contributed by atoms with E-state index in [-0.39, 0.29) is 16.0 Å². The largest absolute Gasteiger partial charge is 0.315 e. The molecular formula is C10H12Cl2N2O2S. The van der Waals surface area contributed by atoms with Gasteiger partial charge in [-0.3, -0.25) is 0 Å². The summed E-state index contributed by atoms with van der Waals surface area (Å²) >= 11 is 11.5. The summed E-state index contributed by atoms with van der Waals surface area (Å²) < 4.78 is 26.6. The molecule has 0 aliphatic carbocycles. The van der Waals surface area contributed by atoms with Crippen LogP contribution in [-0.2, 0) is 10.0 Å². The molecule has 1 saturated heterocycles. The second kappa shape index (κ2) is 5.12. The van der Waals surface area contributed by atoms with Gasteiger partial charge in [-0.25, -0.2) is 13.1 Å². The lowest BCUT2D eigenvalue weighted by atomic mass is 10.3. The number of hydrogen-bond donors (Lipinski definition) is 2. The van der Waals surface area contributed by atoms with Gasteiger partial charge in [0.05, 0.1) is 14.9 Å². The summed E-state index contributed by atoms with van der Waals surface area (Å²) in [5.74, 6) is 0. The smallest absolute Gasteiger partial charge is 0.240 e. The van der Waals surface area contributed by atoms with Crippen molar-refractivity contribution in [2.45, 2.75) is 17.4 Å². The molecule has 0 unspecified atom stereocenters. The lowest BCUT2D eigenvalue weighted by Crippen LogP contribution is -2.36. The van der Waals surface area contributed by atoms with E-state index < -0.39 is 10.0 Å². The summed E-state index contributed by atoms with van der Waals surface area (Å²) in [6, 6.07) is 4.22. The van der Waals surface area contributed by atoms with Crippen molar-refractivity contribution in [3.8, 4) is 0 Å². The van der Waals surface area contributed by atoms with Gasteiger partial charge in [-0.15, -0.1) is 0 Å². The predicted molar refractivity (Wildman–Crippen MR) is 68.1 cm³/mol. The maximum atomic E-state index is 12.0. The Morgan fingerprint density at radius 3 is 2.65 bits per heavy atom. The molecule has 1 aromatic carbocycles. The molecule has 0 bridgehead atoms. The molecule has 2 N–H and O–H groups in total. The molecule has 1 fully saturated rings. The minimum Gasteiger partial charge on any atom is -0.315 e. The van der Waals surface area contributed by atoms with Gasteiger partial charge in [0.15, 0.2) is 0 Å². The van der Waals surface area contributed by atoms with E-state index in [2.05, 4.69) is 10.0 Å². The van der Waals surface area contributed by atoms with E-state index in [4.69, 9.17) is 23.2 Å². The zero-order valence-corrected chi connectivity index (χ0v) is 11.2. The van der Waals surface area contributed by atoms with Crippen molar-refractivity contribution >= 4 is 33.2 Å². The van der Waals surface area contributed by atoms with Gasteiger partial charge in [-0.1, -0.05) is 23.2 Å². The fraction of sp³-hybridized carbons (Fsp3) is 0.400. The standard InChI is InChI=1S/C10H12Cl2N2O2S/c11-9-2-1-8(5-10(9)12)17(15,16)14-7-3-4-13-6-7/h1-2,5,7,13-14H,3-4,6H2/t7-/m0/s1. The summed E-state index contributed by atoms with van der Waals surface area (Å²) in [6.07, 6.45) is 0.792. The summed E-state index contributed by atoms with van der Waals surface area (Å²) in [5, 5.41) is 3.67. The highest BCUT2D eigenvalue weighted by atomic mass is 35.5. The van der Waals surface area contributed by atoms with Crippen LogP contribution in [0.1, 0.15) is 6.42 Å². The minimum atomic E-state index is -3.52. The molecule has 1 aliphatic rings. The maximum Gasteiger partial charge on any atom is 0.240 e. The molecule has 1 heterocycles. The van der Waals surface area contributed by atoms with Crippen LogP contribution in [0.4, 0.5) is 0 Å². The van der Waals surface area contributed by atoms with Crippen molar-refractivity contribution in [3.05, 3.63) is 28.2 Å². The van der Waals surface area contributed by atoms with Crippen LogP contribution in [-0.4, -0.2) is 27.5 Å². The Labute approximate surface area is 110 Å². The second-order valence-electron chi connectivity index (χ2n) is 3.89. The van der Waals surface area contributed by atoms with E-state index in [1.54, 1.807) is 0 Å². The minimum absolute atomic E-state index is 0.0607. The maximum absolute atomic E-state index is 12.0. The van der Waals surface area contributed by atoms with Crippen LogP contribution < -0.4 is 10.0 Å². The summed E-state index contributed by atoms with van der Waals surface area (Å²) in [5.41, 5.74) is 0. The molecule has 4 nitrogen and oxygen atoms in total. The molecule has 0 spiro atoms. The highest BCUT2D eigenvalue weighted by Gasteiger charge is 2.23. The molecule has 1 atom stereocenters. The molecule has 17 heavy (non-hydrogen) atoms. The number of rotatable bonds is 3. The SMILES string of the molecule is O=S(=O)(N[C@H]1CCNC1)c1ccc(Cl)c(Cl)c1. The van der Waals surface area contributed by atoms with Crippen molar-refractivity contribution in [1.82, 2.24) is 10.0 Å². The molecular weight excluding hydrogens is 283 g/mol. The van der Waals surface area contributed by atoms with Crippen LogP contribution in [0.2, 0.25) is 10.0 Å². The number of halogens is 2. The van der Waals surface area contributed by atoms with Crippen LogP contribution in [0.5, 0.6) is 0 Å². The van der Waals surface area contributed by atoms with Gasteiger partial charge in [0, 0.05) is 12.6 Å². The van der Waals surface area contributed by atoms with E-state index >= 15 is 0 Å². The third-order valence-electron chi connectivity index (χ3n) is 2.58. The third kappa shape index (κ3) is 3.11. The van der Waals surface area contributed by atoms with Crippen molar-refractivity contribution in [2.75, 3.05) is 13.1 Å². The normalized spacial score (nSPS) is 20.7. The van der Waals surface area contributed by atoms with E-state index in [9.17, 15) is 8.42 Å². The molecule has 1 aromatic rings. The first-order valence-corrected chi connectivity index (χ1v) is 7.41. The Morgan fingerprint density at radius 2 is 2.06 bits per heavy atom. The topological polar surface area (TPSA) is 58.2 Å². The molecule has 94 valence electrons. The molecule has 1 aliphatic heterocycles. The molecule has 0 amide bonds. The zero-order chi connectivity index (χ0) is 12.5. The first-order valence-electron chi connectivity index (χ1n) is 5.17. The number of sulfonamides is 1. The van der Waals surface area contributed by atoms with Gasteiger partial charge < -0.3 is 5.32 Å². The van der Waals surface area contributed by atoms with Gasteiger partial charge in [-0.2, -0.15) is 0 Å². The van der Waals surface area contributed by atoms with Crippen LogP contribution in [0.3, 0.4) is 0 Å². The Bertz CT molecular complexity index is 513. The van der Waals surface area contributed by atoms with Gasteiger partial charge in [0.1, 0.15) is 0 Å². The number of benzene rings is 1. The van der Waals surface area contributed by atoms with Crippen LogP contribution >= 0.6 is 23.2 Å². The fourth-order valence-corrected chi connectivity index (χ4v) is 3.35. The van der Waals surface area contributed by atoms with Gasteiger partial charge in [0.2, 0.25) is 10.0 Å². The monoisotopic (exact) mass is 294 g/mol. The fourth-order valence-electron chi connectivity index (χ4n) is 1.69. The van der Waals surface area contributed by atoms with E-state index in [0.717, 1.165) is 13.0 Å². The zero-order valence-electron chi connectivity index (χ0n) is 8.91. The molecule has 0 aromatic heterocycles. The molecule has 2 rings (SSSR count). The van der Waals surface area contributed by atoms with Crippen LogP contribution in [0, 0.1) is 0 Å². The molecule has 7 heteroatoms. The Balaban J connectivity index is 2.21. The average molecular weight is 295 g/mol. The summed E-state index contributed by atoms with van der Waals surface area (Å²) in [6.45, 7) is 1.48. The van der Waals surface area contributed by atoms with E-state index in [1.165, 1.54) is 18.2 Å². The number of hydrogen-bond acceptors (Lipinski definition) is 3. The summed E-state index contributed by atoms with van der Waals surface area (Å²) in [7, 11) is -3.52. The highest BCUT2D eigenvalue weighted by Crippen LogP contribution is 2.24. The van der Waals surface area contributed by atoms with Gasteiger partial charge >= 0.3 is 0 Å². The first-order chi connectivity index (χ1) is 7.99. The molecule has 0 radical (unpaired) electrons. The van der Waals surface area contributed by atoms with Crippen molar-refractivity contribution in [3.63, 3.8) is 0 Å². The number of nitrogens with one attached hydrogen (secondary N) is 2. The van der Waals surface area contributed by atoms with Crippen molar-refractivity contribution < 1.29 is 8.42 Å². The van der Waals surface area contributed by atoms with E-state index in [0.29, 0.717) is 11.6 Å². The predicted octanol–water partition coefficient (Wildman–Crippen LogP) is 1.63. The summed E-state index contributed by atoms with van der Waals surface area (Å²) in [4.78, 5) is 0.138. The van der Waals surface area contributed by atoms with E-state index in [1.807, 2.05) is 0 Å². The van der Waals surface area contributed by atoms with Crippen LogP contribution in [0.25, 0.3) is 0 Å². The van der Waals surface area contributed by atoms with Gasteiger partial charge in [0.25, 0.3) is 0 Å². The first kappa shape index (κ1) is 13.1. The lowest BCUT2D eigenvalue weighted by Gasteiger charge is -2.12. The quantitative estimate of drug-likeness (QED) is 0.891. The highest BCUT2D eigenvalue weighted by molar-refractivity contribution is 7.89. The second-order valence-corrected chi connectivity index (χ2v) is 6.42.